The molecule has 10 aliphatic heterocycles. The number of hydrogen-bond donors (Lipinski definition) is 31. The van der Waals surface area contributed by atoms with Crippen molar-refractivity contribution in [2.24, 2.45) is 0 Å². The van der Waals surface area contributed by atoms with E-state index in [0.29, 0.717) is 0 Å². The molecule has 0 aromatic carbocycles. The van der Waals surface area contributed by atoms with Gasteiger partial charge in [0.15, 0.2) is 62.9 Å². The normalized spacial score (nSPS) is 48.7. The summed E-state index contributed by atoms with van der Waals surface area (Å²) in [6.07, 6.45) is -96.0. The summed E-state index contributed by atoms with van der Waals surface area (Å²) in [5, 5.41) is 305. The fourth-order valence-corrected chi connectivity index (χ4v) is 16.2. The molecule has 0 aromatic heterocycles. The average molecular weight is 1830 g/mol. The van der Waals surface area contributed by atoms with Crippen molar-refractivity contribution in [3.63, 3.8) is 0 Å². The number of carbonyl (C=O) groups excluding carboxylic acids is 5. The molecule has 55 heteroatoms. The highest BCUT2D eigenvalue weighted by Gasteiger charge is 2.62. The van der Waals surface area contributed by atoms with Crippen molar-refractivity contribution in [2.75, 3.05) is 59.5 Å². The van der Waals surface area contributed by atoms with Gasteiger partial charge in [-0.2, -0.15) is 0 Å². The molecule has 5 amide bonds. The van der Waals surface area contributed by atoms with Crippen LogP contribution in [0.4, 0.5) is 0 Å². The van der Waals surface area contributed by atoms with Gasteiger partial charge in [-0.25, -0.2) is 0 Å². The lowest BCUT2D eigenvalue weighted by Crippen LogP contribution is -2.71. The van der Waals surface area contributed by atoms with Crippen molar-refractivity contribution >= 4 is 29.5 Å². The van der Waals surface area contributed by atoms with Crippen molar-refractivity contribution in [2.45, 2.75) is 348 Å². The molecule has 0 radical (unpaired) electrons. The van der Waals surface area contributed by atoms with E-state index in [9.17, 15) is 157 Å². The summed E-state index contributed by atoms with van der Waals surface area (Å²) in [5.74, 6) is -4.80. The van der Waals surface area contributed by atoms with Gasteiger partial charge in [0, 0.05) is 34.6 Å². The molecule has 10 rings (SSSR count). The van der Waals surface area contributed by atoms with Gasteiger partial charge in [-0.05, 0) is 6.92 Å². The maximum Gasteiger partial charge on any atom is 0.217 e. The smallest absolute Gasteiger partial charge is 0.217 e. The number of ether oxygens (including phenoxy) is 19. The first-order valence-electron chi connectivity index (χ1n) is 40.0. The molecule has 0 spiro atoms. The minimum Gasteiger partial charge on any atom is -0.394 e. The summed E-state index contributed by atoms with van der Waals surface area (Å²) in [4.78, 5) is 65.0. The Morgan fingerprint density at radius 1 is 0.224 bits per heavy atom. The van der Waals surface area contributed by atoms with Gasteiger partial charge < -0.3 is 249 Å². The van der Waals surface area contributed by atoms with Gasteiger partial charge in [0.1, 0.15) is 238 Å². The molecule has 10 heterocycles. The maximum absolute atomic E-state index is 13.4. The van der Waals surface area contributed by atoms with Crippen molar-refractivity contribution < 1.29 is 247 Å². The first-order chi connectivity index (χ1) is 59.1. The largest absolute Gasteiger partial charge is 0.394 e. The van der Waals surface area contributed by atoms with Crippen LogP contribution in [0.2, 0.25) is 0 Å². The quantitative estimate of drug-likeness (QED) is 0.0297. The Balaban J connectivity index is 1.08. The highest BCUT2D eigenvalue weighted by molar-refractivity contribution is 5.75. The fraction of sp³-hybridized carbons (Fsp3) is 0.929. The molecule has 0 aromatic rings. The second-order valence-electron chi connectivity index (χ2n) is 31.7. The van der Waals surface area contributed by atoms with E-state index in [1.807, 2.05) is 0 Å². The van der Waals surface area contributed by atoms with Gasteiger partial charge in [-0.15, -0.1) is 0 Å². The summed E-state index contributed by atoms with van der Waals surface area (Å²) in [7, 11) is 0. The van der Waals surface area contributed by atoms with Crippen LogP contribution in [0.25, 0.3) is 0 Å². The number of rotatable bonds is 32. The Hall–Kier alpha value is -4.45. The van der Waals surface area contributed by atoms with Gasteiger partial charge in [0.25, 0.3) is 0 Å². The average Bonchev–Trinajstić information content (AvgIpc) is 0.755. The van der Waals surface area contributed by atoms with E-state index < -0.39 is 396 Å². The van der Waals surface area contributed by atoms with Crippen molar-refractivity contribution in [1.82, 2.24) is 26.6 Å². The van der Waals surface area contributed by atoms with Crippen LogP contribution in [0.3, 0.4) is 0 Å². The number of aliphatic hydroxyl groups is 26. The van der Waals surface area contributed by atoms with Gasteiger partial charge in [-0.3, -0.25) is 24.0 Å². The second-order valence-corrected chi connectivity index (χ2v) is 31.7. The van der Waals surface area contributed by atoms with Gasteiger partial charge in [-0.1, -0.05) is 0 Å². The number of nitrogens with one attached hydrogen (secondary N) is 5. The lowest BCUT2D eigenvalue weighted by Gasteiger charge is -2.52. The molecular formula is C70H117N5O50. The molecule has 0 unspecified atom stereocenters. The van der Waals surface area contributed by atoms with Crippen molar-refractivity contribution in [3.05, 3.63) is 0 Å². The standard InChI is InChI=1S/C70H117N5O50/c1-16-36(88)47(99)51(103)66(109-16)107-14-29-56(44(96)31(61(106)110-29)71-17(2)83)119-64-34(74-20(5)86)45(97)55(28(13-82)116-64)121-68-53(105)58(123-70-60(50(102)41(93)26(11-80)115-70)125-65-35(75-21(6)87)46(98)54(27(12-81)117-65)120-67-52(104)48(100)39(91)24(9-78)113-67)57(122-62-32(72-18(3)84)42(94)37(89)22(7-76)111-62)30(118-68)15-108-69-59(49(101)40(92)25(10-79)114-69)124-63-33(73-19(4)85)43(95)38(90)23(8-77)112-63/h16,22-70,76-82,88-106H,7-15H2,1-6H3,(H,71,83)(H,72,84)(H,73,85)(H,74,86)(H,75,87)/t16-,22+,23+,24+,25+,26+,27+,28+,29+,30+,31+,32-,33+,34+,35+,36+,37+,38+,39-,40+,41+,42+,43+,44+,45+,46+,47+,48-,49-,50-,51-,52+,53-,54+,55+,56+,57+,58+,59-,60-,61+,62-,63-,64-,65-,66+,67-,68-,69-,70+/m0/s1. The Kier molecular flexibility index (Phi) is 36.8. The molecule has 0 saturated carbocycles. The number of amides is 5. The Labute approximate surface area is 708 Å². The summed E-state index contributed by atoms with van der Waals surface area (Å²) in [6.45, 7) is -4.42. The third kappa shape index (κ3) is 23.1. The Bertz CT molecular complexity index is 3420. The van der Waals surface area contributed by atoms with Crippen LogP contribution in [-0.2, 0) is 114 Å². The molecule has 10 fully saturated rings. The predicted octanol–water partition coefficient (Wildman–Crippen LogP) is -21.1. The Morgan fingerprint density at radius 3 is 0.904 bits per heavy atom. The van der Waals surface area contributed by atoms with Crippen LogP contribution < -0.4 is 26.6 Å². The van der Waals surface area contributed by atoms with E-state index in [1.165, 1.54) is 6.92 Å². The summed E-state index contributed by atoms with van der Waals surface area (Å²) in [5.41, 5.74) is 0. The number of carbonyl (C=O) groups is 5. The second kappa shape index (κ2) is 44.9. The van der Waals surface area contributed by atoms with E-state index in [0.717, 1.165) is 34.6 Å². The molecule has 125 heavy (non-hydrogen) atoms. The molecule has 10 saturated heterocycles. The lowest BCUT2D eigenvalue weighted by atomic mass is 9.93. The number of hydrogen-bond acceptors (Lipinski definition) is 50. The minimum atomic E-state index is -2.78. The van der Waals surface area contributed by atoms with Crippen LogP contribution in [0.15, 0.2) is 0 Å². The molecule has 722 valence electrons. The summed E-state index contributed by atoms with van der Waals surface area (Å²) < 4.78 is 116. The first-order valence-corrected chi connectivity index (χ1v) is 40.0. The van der Waals surface area contributed by atoms with Crippen molar-refractivity contribution in [3.8, 4) is 0 Å². The van der Waals surface area contributed by atoms with Crippen LogP contribution in [0.1, 0.15) is 41.5 Å². The van der Waals surface area contributed by atoms with Crippen molar-refractivity contribution in [1.29, 1.82) is 0 Å². The van der Waals surface area contributed by atoms with Crippen LogP contribution in [0, 0.1) is 0 Å². The lowest BCUT2D eigenvalue weighted by molar-refractivity contribution is -0.408. The number of aliphatic hydroxyl groups excluding tert-OH is 26. The third-order valence-corrected chi connectivity index (χ3v) is 22.8. The molecule has 0 aliphatic carbocycles. The van der Waals surface area contributed by atoms with Crippen LogP contribution in [-0.4, -0.2) is 529 Å². The predicted molar refractivity (Wildman–Crippen MR) is 386 cm³/mol. The highest BCUT2D eigenvalue weighted by atomic mass is 16.8. The first kappa shape index (κ1) is 103. The summed E-state index contributed by atoms with van der Waals surface area (Å²) in [6, 6.07) is -9.78. The fourth-order valence-electron chi connectivity index (χ4n) is 16.2. The highest BCUT2D eigenvalue weighted by Crippen LogP contribution is 2.42. The minimum absolute atomic E-state index is 0.864. The van der Waals surface area contributed by atoms with Crippen LogP contribution in [0.5, 0.6) is 0 Å². The van der Waals surface area contributed by atoms with E-state index >= 15 is 0 Å². The maximum atomic E-state index is 13.4. The monoisotopic (exact) mass is 1830 g/mol. The van der Waals surface area contributed by atoms with E-state index in [-0.39, 0.29) is 0 Å². The zero-order chi connectivity index (χ0) is 92.1. The topological polar surface area (TPSA) is 847 Å². The molecule has 10 aliphatic rings. The van der Waals surface area contributed by atoms with Gasteiger partial charge in [0.2, 0.25) is 29.5 Å². The molecule has 31 N–H and O–H groups in total. The molecule has 50 atom stereocenters. The van der Waals surface area contributed by atoms with Gasteiger partial charge >= 0.3 is 0 Å². The van der Waals surface area contributed by atoms with E-state index in [4.69, 9.17) is 90.0 Å². The van der Waals surface area contributed by atoms with Gasteiger partial charge in [0.05, 0.1) is 65.6 Å². The zero-order valence-electron chi connectivity index (χ0n) is 67.7. The third-order valence-electron chi connectivity index (χ3n) is 22.8. The van der Waals surface area contributed by atoms with Crippen LogP contribution >= 0.6 is 0 Å². The zero-order valence-corrected chi connectivity index (χ0v) is 67.7. The molecular weight excluding hydrogens is 1710 g/mol. The summed E-state index contributed by atoms with van der Waals surface area (Å²) >= 11 is 0. The SMILES string of the molecule is CC(=O)N[C@@H]1[C@H](O[C@H]2[C@H](O[C@H]3O[C@H](CO)[C@@H](O)[C@H](O)[C@@H]3O[C@@H]3O[C@H](CO)[C@@H](O[C@@H]4O[C@H](CO)[C@H](O)[C@H](O)[C@H]4O)[C@H](O)[C@H]3NC(C)=O)[C@H](O)[C@H](O[C@H]3[C@H](O)[C@@H](NC(C)=O)[C@H](O[C@H]4[C@H](O)[C@@H](NC(C)=O)[C@H](O)O[C@@H]4CO[C@@H]4O[C@@H](C)[C@@H](O)[C@@H](O)[C@@H]4O)O[C@@H]3CO)O[C@@H]2CO[C@H]2O[C@H](CO)[C@@H](O)[C@H](O)[C@@H]2O[C@@H]2O[C@H](CO)[C@@H](O)[C@H](O)[C@H]2NC(C)=O)O[C@H](CO)[C@@H](O)[C@@H]1O. The molecule has 55 nitrogen and oxygen atoms in total. The molecule has 0 bridgehead atoms. The Morgan fingerprint density at radius 2 is 0.488 bits per heavy atom. The van der Waals surface area contributed by atoms with E-state index in [2.05, 4.69) is 26.6 Å². The van der Waals surface area contributed by atoms with E-state index in [1.54, 1.807) is 0 Å².